The summed E-state index contributed by atoms with van der Waals surface area (Å²) in [6, 6.07) is 15.2. The second kappa shape index (κ2) is 8.24. The number of carbonyl (C=O) groups is 1. The number of hydrogen-bond donors (Lipinski definition) is 0. The minimum atomic E-state index is -0.545. The van der Waals surface area contributed by atoms with Crippen molar-refractivity contribution in [2.75, 3.05) is 7.11 Å². The van der Waals surface area contributed by atoms with Crippen molar-refractivity contribution < 1.29 is 18.8 Å². The first kappa shape index (κ1) is 18.8. The molecule has 0 amide bonds. The van der Waals surface area contributed by atoms with Crippen LogP contribution >= 0.6 is 11.3 Å². The van der Waals surface area contributed by atoms with E-state index in [9.17, 15) is 4.79 Å². The number of methoxy groups -OCH3 is 1. The molecule has 0 atom stereocenters. The van der Waals surface area contributed by atoms with E-state index in [4.69, 9.17) is 14.0 Å². The Morgan fingerprint density at radius 2 is 1.76 bits per heavy atom. The second-order valence-corrected chi connectivity index (χ2v) is 7.08. The number of benzene rings is 2. The Balaban J connectivity index is 1.39. The van der Waals surface area contributed by atoms with Gasteiger partial charge in [0.05, 0.1) is 7.11 Å². The van der Waals surface area contributed by atoms with E-state index >= 15 is 0 Å². The van der Waals surface area contributed by atoms with Gasteiger partial charge in [0.1, 0.15) is 10.8 Å². The van der Waals surface area contributed by atoms with Crippen LogP contribution in [0, 0.1) is 6.92 Å². The van der Waals surface area contributed by atoms with Gasteiger partial charge < -0.3 is 14.0 Å². The Kier molecular flexibility index (Phi) is 5.35. The molecule has 0 aliphatic rings. The van der Waals surface area contributed by atoms with Gasteiger partial charge in [0.15, 0.2) is 12.3 Å². The number of nitrogens with zero attached hydrogens (tertiary/aromatic N) is 3. The molecule has 2 aromatic carbocycles. The van der Waals surface area contributed by atoms with E-state index in [0.717, 1.165) is 27.4 Å². The van der Waals surface area contributed by atoms with Crippen LogP contribution in [0.3, 0.4) is 0 Å². The maximum atomic E-state index is 12.3. The van der Waals surface area contributed by atoms with Gasteiger partial charge in [-0.2, -0.15) is 4.98 Å². The average Bonchev–Trinajstić information content (AvgIpc) is 3.43. The Labute approximate surface area is 170 Å². The van der Waals surface area contributed by atoms with Gasteiger partial charge in [0.25, 0.3) is 5.89 Å². The lowest BCUT2D eigenvalue weighted by molar-refractivity contribution is 0.0424. The molecule has 0 fully saturated rings. The summed E-state index contributed by atoms with van der Waals surface area (Å²) in [7, 11) is 1.61. The van der Waals surface area contributed by atoms with Crippen molar-refractivity contribution in [1.29, 1.82) is 0 Å². The summed E-state index contributed by atoms with van der Waals surface area (Å²) in [6.07, 6.45) is 0. The van der Waals surface area contributed by atoms with Crippen LogP contribution in [0.2, 0.25) is 0 Å². The number of carbonyl (C=O) groups excluding carboxylic acids is 1. The zero-order chi connectivity index (χ0) is 20.2. The lowest BCUT2D eigenvalue weighted by Crippen LogP contribution is -2.05. The van der Waals surface area contributed by atoms with Crippen molar-refractivity contribution >= 4 is 17.3 Å². The van der Waals surface area contributed by atoms with E-state index in [0.29, 0.717) is 5.82 Å². The summed E-state index contributed by atoms with van der Waals surface area (Å²) in [4.78, 5) is 20.9. The summed E-state index contributed by atoms with van der Waals surface area (Å²) in [6.45, 7) is 1.89. The Hall–Kier alpha value is -3.52. The van der Waals surface area contributed by atoms with Crippen molar-refractivity contribution in [2.24, 2.45) is 0 Å². The summed E-state index contributed by atoms with van der Waals surface area (Å²) >= 11 is 1.36. The normalized spacial score (nSPS) is 10.7. The molecule has 0 bridgehead atoms. The highest BCUT2D eigenvalue weighted by atomic mass is 32.1. The molecule has 4 rings (SSSR count). The summed E-state index contributed by atoms with van der Waals surface area (Å²) in [5.74, 6) is 0.886. The van der Waals surface area contributed by atoms with Crippen LogP contribution in [-0.4, -0.2) is 28.2 Å². The fourth-order valence-electron chi connectivity index (χ4n) is 2.57. The van der Waals surface area contributed by atoms with Gasteiger partial charge in [0, 0.05) is 16.5 Å². The van der Waals surface area contributed by atoms with Crippen molar-refractivity contribution in [3.63, 3.8) is 0 Å². The largest absolute Gasteiger partial charge is 0.497 e. The number of hydrogen-bond acceptors (Lipinski definition) is 8. The molecule has 8 heteroatoms. The van der Waals surface area contributed by atoms with Crippen LogP contribution in [0.5, 0.6) is 5.75 Å². The van der Waals surface area contributed by atoms with E-state index < -0.39 is 5.97 Å². The molecule has 0 aliphatic carbocycles. The Bertz CT molecular complexity index is 1120. The Morgan fingerprint density at radius 1 is 1.03 bits per heavy atom. The predicted octanol–water partition coefficient (Wildman–Crippen LogP) is 4.53. The number of rotatable bonds is 6. The van der Waals surface area contributed by atoms with Crippen LogP contribution in [0.1, 0.15) is 21.9 Å². The molecule has 29 heavy (non-hydrogen) atoms. The quantitative estimate of drug-likeness (QED) is 0.434. The number of esters is 1. The molecule has 2 aromatic heterocycles. The third kappa shape index (κ3) is 4.33. The van der Waals surface area contributed by atoms with E-state index in [2.05, 4.69) is 15.1 Å². The third-order valence-electron chi connectivity index (χ3n) is 4.15. The lowest BCUT2D eigenvalue weighted by Gasteiger charge is -2.00. The van der Waals surface area contributed by atoms with Gasteiger partial charge >= 0.3 is 5.97 Å². The van der Waals surface area contributed by atoms with Gasteiger partial charge in [-0.1, -0.05) is 35.0 Å². The van der Waals surface area contributed by atoms with Crippen LogP contribution in [-0.2, 0) is 11.3 Å². The molecule has 0 saturated carbocycles. The molecule has 2 heterocycles. The highest BCUT2D eigenvalue weighted by molar-refractivity contribution is 7.13. The van der Waals surface area contributed by atoms with Crippen LogP contribution in [0.4, 0.5) is 0 Å². The van der Waals surface area contributed by atoms with Gasteiger partial charge in [-0.15, -0.1) is 11.3 Å². The molecular weight excluding hydrogens is 390 g/mol. The predicted molar refractivity (Wildman–Crippen MR) is 108 cm³/mol. The molecule has 0 radical (unpaired) electrons. The first-order chi connectivity index (χ1) is 14.1. The molecule has 0 aliphatic heterocycles. The SMILES string of the molecule is COc1ccc(-c2nc(C(=O)OCc3nc(-c4ccc(C)cc4)no3)cs2)cc1. The molecular formula is C21H17N3O4S. The average molecular weight is 407 g/mol. The maximum absolute atomic E-state index is 12.3. The highest BCUT2D eigenvalue weighted by Gasteiger charge is 2.16. The molecule has 4 aromatic rings. The first-order valence-corrected chi connectivity index (χ1v) is 9.67. The van der Waals surface area contributed by atoms with Crippen molar-refractivity contribution in [3.05, 3.63) is 71.1 Å². The Morgan fingerprint density at radius 3 is 2.48 bits per heavy atom. The van der Waals surface area contributed by atoms with Crippen LogP contribution in [0.15, 0.2) is 58.4 Å². The topological polar surface area (TPSA) is 87.3 Å². The molecule has 0 unspecified atom stereocenters. The lowest BCUT2D eigenvalue weighted by atomic mass is 10.1. The van der Waals surface area contributed by atoms with Gasteiger partial charge in [0.2, 0.25) is 5.82 Å². The number of ether oxygens (including phenoxy) is 2. The second-order valence-electron chi connectivity index (χ2n) is 6.22. The molecule has 0 spiro atoms. The maximum Gasteiger partial charge on any atom is 0.358 e. The molecule has 146 valence electrons. The van der Waals surface area contributed by atoms with E-state index in [-0.39, 0.29) is 18.2 Å². The summed E-state index contributed by atoms with van der Waals surface area (Å²) in [5.41, 5.74) is 3.11. The van der Waals surface area contributed by atoms with E-state index in [1.54, 1.807) is 12.5 Å². The van der Waals surface area contributed by atoms with Crippen molar-refractivity contribution in [1.82, 2.24) is 15.1 Å². The molecule has 0 saturated heterocycles. The van der Waals surface area contributed by atoms with Crippen molar-refractivity contribution in [3.8, 4) is 27.7 Å². The number of aryl methyl sites for hydroxylation is 1. The number of thiazole rings is 1. The van der Waals surface area contributed by atoms with Gasteiger partial charge in [-0.25, -0.2) is 9.78 Å². The highest BCUT2D eigenvalue weighted by Crippen LogP contribution is 2.26. The van der Waals surface area contributed by atoms with Gasteiger partial charge in [-0.05, 0) is 31.2 Å². The third-order valence-corrected chi connectivity index (χ3v) is 5.05. The monoisotopic (exact) mass is 407 g/mol. The zero-order valence-electron chi connectivity index (χ0n) is 15.8. The standard InChI is InChI=1S/C21H17N3O4S/c1-13-3-5-14(6-4-13)19-23-18(28-24-19)11-27-21(25)17-12-29-20(22-17)15-7-9-16(26-2)10-8-15/h3-10,12H,11H2,1-2H3. The van der Waals surface area contributed by atoms with Crippen molar-refractivity contribution in [2.45, 2.75) is 13.5 Å². The van der Waals surface area contributed by atoms with Crippen LogP contribution < -0.4 is 4.74 Å². The molecule has 7 nitrogen and oxygen atoms in total. The summed E-state index contributed by atoms with van der Waals surface area (Å²) < 4.78 is 15.6. The fourth-order valence-corrected chi connectivity index (χ4v) is 3.36. The van der Waals surface area contributed by atoms with E-state index in [1.165, 1.54) is 11.3 Å². The molecule has 0 N–H and O–H groups in total. The minimum Gasteiger partial charge on any atom is -0.497 e. The van der Waals surface area contributed by atoms with E-state index in [1.807, 2.05) is 55.5 Å². The fraction of sp³-hybridized carbons (Fsp3) is 0.143. The first-order valence-electron chi connectivity index (χ1n) is 8.79. The smallest absolute Gasteiger partial charge is 0.358 e. The zero-order valence-corrected chi connectivity index (χ0v) is 16.6. The minimum absolute atomic E-state index is 0.118. The summed E-state index contributed by atoms with van der Waals surface area (Å²) in [5, 5.41) is 6.30. The number of aromatic nitrogens is 3. The van der Waals surface area contributed by atoms with Crippen LogP contribution in [0.25, 0.3) is 22.0 Å². The van der Waals surface area contributed by atoms with Gasteiger partial charge in [-0.3, -0.25) is 0 Å².